The van der Waals surface area contributed by atoms with Crippen LogP contribution in [0.3, 0.4) is 0 Å². The second kappa shape index (κ2) is 15.3. The molecule has 2 aromatic carbocycles. The third-order valence-electron chi connectivity index (χ3n) is 7.65. The number of rotatable bonds is 13. The quantitative estimate of drug-likeness (QED) is 0.168. The Bertz CT molecular complexity index is 1490. The first kappa shape index (κ1) is 33.1. The summed E-state index contributed by atoms with van der Waals surface area (Å²) < 4.78 is 11.6. The molecule has 0 saturated carbocycles. The predicted molar refractivity (Wildman–Crippen MR) is 172 cm³/mol. The van der Waals surface area contributed by atoms with Crippen LogP contribution in [0.2, 0.25) is 0 Å². The Labute approximate surface area is 265 Å². The van der Waals surface area contributed by atoms with Gasteiger partial charge in [0.05, 0.1) is 12.1 Å². The molecule has 2 heterocycles. The molecule has 0 spiro atoms. The van der Waals surface area contributed by atoms with Crippen LogP contribution in [0.5, 0.6) is 0 Å². The Kier molecular flexibility index (Phi) is 11.3. The lowest BCUT2D eigenvalue weighted by Crippen LogP contribution is -2.50. The van der Waals surface area contributed by atoms with Crippen molar-refractivity contribution < 1.29 is 24.2 Å². The zero-order valence-electron chi connectivity index (χ0n) is 26.2. The first-order valence-corrected chi connectivity index (χ1v) is 15.1. The number of carbonyl (C=O) groups is 2. The number of hydrogen-bond donors (Lipinski definition) is 3. The molecule has 0 bridgehead atoms. The number of aromatic nitrogens is 2. The van der Waals surface area contributed by atoms with Crippen LogP contribution in [0.1, 0.15) is 56.4 Å². The van der Waals surface area contributed by atoms with Gasteiger partial charge < -0.3 is 25.2 Å². The molecule has 2 amide bonds. The van der Waals surface area contributed by atoms with Crippen LogP contribution in [0.15, 0.2) is 110 Å². The molecule has 9 heteroatoms. The summed E-state index contributed by atoms with van der Waals surface area (Å²) in [5, 5.41) is 17.5. The van der Waals surface area contributed by atoms with Gasteiger partial charge in [0.2, 0.25) is 0 Å². The highest BCUT2D eigenvalue weighted by atomic mass is 16.6. The van der Waals surface area contributed by atoms with Crippen molar-refractivity contribution in [2.45, 2.75) is 76.3 Å². The molecule has 0 radical (unpaired) electrons. The van der Waals surface area contributed by atoms with Crippen molar-refractivity contribution in [3.05, 3.63) is 132 Å². The minimum Gasteiger partial charge on any atom is -0.439 e. The lowest BCUT2D eigenvalue weighted by molar-refractivity contribution is 0.0231. The van der Waals surface area contributed by atoms with Crippen LogP contribution in [0, 0.1) is 0 Å². The Morgan fingerprint density at radius 2 is 1.16 bits per heavy atom. The maximum absolute atomic E-state index is 13.2. The molecule has 9 nitrogen and oxygen atoms in total. The van der Waals surface area contributed by atoms with Gasteiger partial charge in [-0.15, -0.1) is 0 Å². The molecule has 0 aliphatic rings. The largest absolute Gasteiger partial charge is 0.439 e. The van der Waals surface area contributed by atoms with E-state index in [0.29, 0.717) is 12.8 Å². The minimum atomic E-state index is -1.04. The summed E-state index contributed by atoms with van der Waals surface area (Å²) in [6, 6.07) is 25.3. The molecule has 45 heavy (non-hydrogen) atoms. The molecule has 3 atom stereocenters. The zero-order chi connectivity index (χ0) is 32.3. The van der Waals surface area contributed by atoms with E-state index < -0.39 is 41.6 Å². The Hall–Kier alpha value is -4.76. The van der Waals surface area contributed by atoms with Gasteiger partial charge in [-0.25, -0.2) is 9.59 Å². The smallest absolute Gasteiger partial charge is 0.408 e. The van der Waals surface area contributed by atoms with Crippen LogP contribution in [-0.2, 0) is 33.5 Å². The van der Waals surface area contributed by atoms with E-state index in [4.69, 9.17) is 9.47 Å². The number of carbonyl (C=O) groups excluding carboxylic acids is 2. The summed E-state index contributed by atoms with van der Waals surface area (Å²) in [5.74, 6) is 0. The van der Waals surface area contributed by atoms with E-state index in [0.717, 1.165) is 22.3 Å². The average Bonchev–Trinajstić information content (AvgIpc) is 3.02. The molecule has 2 aromatic heterocycles. The number of alkyl carbamates (subject to hydrolysis) is 2. The molecule has 0 saturated heterocycles. The fourth-order valence-electron chi connectivity index (χ4n) is 5.10. The van der Waals surface area contributed by atoms with Crippen LogP contribution in [0.4, 0.5) is 9.59 Å². The van der Waals surface area contributed by atoms with Gasteiger partial charge in [0.15, 0.2) is 0 Å². The molecule has 0 fully saturated rings. The van der Waals surface area contributed by atoms with Crippen molar-refractivity contribution in [1.82, 2.24) is 20.6 Å². The second-order valence-corrected chi connectivity index (χ2v) is 12.1. The Balaban J connectivity index is 1.51. The van der Waals surface area contributed by atoms with E-state index in [2.05, 4.69) is 20.6 Å². The highest BCUT2D eigenvalue weighted by molar-refractivity contribution is 5.69. The molecule has 3 unspecified atom stereocenters. The van der Waals surface area contributed by atoms with E-state index in [9.17, 15) is 14.7 Å². The van der Waals surface area contributed by atoms with Gasteiger partial charge in [-0.05, 0) is 70.2 Å². The lowest BCUT2D eigenvalue weighted by atomic mass is 9.93. The van der Waals surface area contributed by atoms with E-state index in [1.165, 1.54) is 0 Å². The van der Waals surface area contributed by atoms with E-state index in [1.54, 1.807) is 64.6 Å². The molecule has 3 N–H and O–H groups in total. The summed E-state index contributed by atoms with van der Waals surface area (Å²) in [6.45, 7) is 7.15. The summed E-state index contributed by atoms with van der Waals surface area (Å²) in [7, 11) is 0. The van der Waals surface area contributed by atoms with E-state index in [1.807, 2.05) is 72.8 Å². The predicted octanol–water partition coefficient (Wildman–Crippen LogP) is 6.07. The van der Waals surface area contributed by atoms with E-state index >= 15 is 0 Å². The summed E-state index contributed by atoms with van der Waals surface area (Å²) in [4.78, 5) is 34.7. The molecular formula is C36H42N4O5. The maximum Gasteiger partial charge on any atom is 0.408 e. The molecular weight excluding hydrogens is 568 g/mol. The van der Waals surface area contributed by atoms with Gasteiger partial charge in [-0.3, -0.25) is 9.97 Å². The first-order valence-electron chi connectivity index (χ1n) is 15.1. The van der Waals surface area contributed by atoms with Crippen molar-refractivity contribution in [3.63, 3.8) is 0 Å². The molecule has 0 aliphatic carbocycles. The normalized spacial score (nSPS) is 13.6. The number of aliphatic hydroxyl groups is 1. The second-order valence-electron chi connectivity index (χ2n) is 12.1. The number of pyridine rings is 2. The fraction of sp³-hybridized carbons (Fsp3) is 0.333. The van der Waals surface area contributed by atoms with Crippen molar-refractivity contribution in [3.8, 4) is 0 Å². The molecule has 0 aliphatic heterocycles. The number of nitrogens with zero attached hydrogens (tertiary/aromatic N) is 2. The lowest BCUT2D eigenvalue weighted by Gasteiger charge is -2.31. The van der Waals surface area contributed by atoms with E-state index in [-0.39, 0.29) is 6.42 Å². The van der Waals surface area contributed by atoms with Gasteiger partial charge in [0, 0.05) is 42.0 Å². The number of ether oxygens (including phenoxy) is 2. The zero-order valence-corrected chi connectivity index (χ0v) is 26.2. The highest BCUT2D eigenvalue weighted by Crippen LogP contribution is 2.25. The van der Waals surface area contributed by atoms with Gasteiger partial charge in [-0.1, -0.05) is 72.8 Å². The Morgan fingerprint density at radius 3 is 1.62 bits per heavy atom. The SMILES string of the molecule is CC(C)(OC(=O)NC(Cc1ccccc1)CC(O)C(Cc1ccccc1)NC(=O)OC(C)(C)c1cccnc1)c1cccnc1. The van der Waals surface area contributed by atoms with Gasteiger partial charge >= 0.3 is 12.2 Å². The summed E-state index contributed by atoms with van der Waals surface area (Å²) >= 11 is 0. The van der Waals surface area contributed by atoms with Crippen LogP contribution in [-0.4, -0.2) is 45.4 Å². The third kappa shape index (κ3) is 10.1. The standard InChI is InChI=1S/C36H42N4O5/c1-35(2,28-17-11-19-37-24-28)44-33(42)39-30(21-26-13-7-5-8-14-26)23-32(41)31(22-27-15-9-6-10-16-27)40-34(43)45-36(3,4)29-18-12-20-38-25-29/h5-20,24-25,30-32,41H,21-23H2,1-4H3,(H,39,42)(H,40,43). The summed E-state index contributed by atoms with van der Waals surface area (Å²) in [6.07, 6.45) is 5.22. The minimum absolute atomic E-state index is 0.140. The van der Waals surface area contributed by atoms with Crippen molar-refractivity contribution in [1.29, 1.82) is 0 Å². The monoisotopic (exact) mass is 610 g/mol. The van der Waals surface area contributed by atoms with Gasteiger partial charge in [0.1, 0.15) is 11.2 Å². The number of aliphatic hydroxyl groups excluding tert-OH is 1. The molecule has 4 rings (SSSR count). The highest BCUT2D eigenvalue weighted by Gasteiger charge is 2.32. The van der Waals surface area contributed by atoms with Crippen molar-refractivity contribution in [2.24, 2.45) is 0 Å². The topological polar surface area (TPSA) is 123 Å². The fourth-order valence-corrected chi connectivity index (χ4v) is 5.10. The number of hydrogen-bond acceptors (Lipinski definition) is 7. The first-order chi connectivity index (χ1) is 21.5. The van der Waals surface area contributed by atoms with Crippen molar-refractivity contribution in [2.75, 3.05) is 0 Å². The van der Waals surface area contributed by atoms with Gasteiger partial charge in [0.25, 0.3) is 0 Å². The molecule has 236 valence electrons. The van der Waals surface area contributed by atoms with Crippen LogP contribution in [0.25, 0.3) is 0 Å². The van der Waals surface area contributed by atoms with Crippen LogP contribution >= 0.6 is 0 Å². The maximum atomic E-state index is 13.2. The average molecular weight is 611 g/mol. The van der Waals surface area contributed by atoms with Crippen molar-refractivity contribution >= 4 is 12.2 Å². The molecule has 4 aromatic rings. The van der Waals surface area contributed by atoms with Gasteiger partial charge in [-0.2, -0.15) is 0 Å². The number of nitrogens with one attached hydrogen (secondary N) is 2. The number of benzene rings is 2. The Morgan fingerprint density at radius 1 is 0.689 bits per heavy atom. The third-order valence-corrected chi connectivity index (χ3v) is 7.65. The van der Waals surface area contributed by atoms with Crippen LogP contribution < -0.4 is 10.6 Å². The number of amides is 2. The summed E-state index contributed by atoms with van der Waals surface area (Å²) in [5.41, 5.74) is 1.50.